The van der Waals surface area contributed by atoms with Crippen molar-refractivity contribution in [1.82, 2.24) is 4.98 Å². The first-order chi connectivity index (χ1) is 19.2. The summed E-state index contributed by atoms with van der Waals surface area (Å²) in [7, 11) is 0. The van der Waals surface area contributed by atoms with Crippen LogP contribution in [0.2, 0.25) is 0 Å². The molecule has 0 amide bonds. The summed E-state index contributed by atoms with van der Waals surface area (Å²) >= 11 is 0. The number of carbonyl (C=O) groups is 1. The molecule has 3 aromatic carbocycles. The normalized spacial score (nSPS) is 10.9. The molecule has 0 aliphatic rings. The van der Waals surface area contributed by atoms with E-state index in [0.717, 1.165) is 44.3 Å². The van der Waals surface area contributed by atoms with Gasteiger partial charge in [-0.2, -0.15) is 0 Å². The van der Waals surface area contributed by atoms with Gasteiger partial charge in [0.25, 0.3) is 0 Å². The molecule has 0 saturated heterocycles. The summed E-state index contributed by atoms with van der Waals surface area (Å²) in [5, 5.41) is 0.845. The fraction of sp³-hybridized carbons (Fsp3) is 0.188. The third-order valence-electron chi connectivity index (χ3n) is 6.37. The predicted molar refractivity (Wildman–Crippen MR) is 149 cm³/mol. The van der Waals surface area contributed by atoms with Crippen molar-refractivity contribution >= 4 is 16.9 Å². The van der Waals surface area contributed by atoms with Gasteiger partial charge in [-0.25, -0.2) is 0 Å². The Kier molecular flexibility index (Phi) is 8.19. The van der Waals surface area contributed by atoms with Crippen LogP contribution in [0.3, 0.4) is 0 Å². The largest absolute Gasteiger partial charge is 0.488 e. The molecule has 0 spiro atoms. The number of nitrogens with two attached hydrogens (primary N) is 1. The van der Waals surface area contributed by atoms with Gasteiger partial charge in [0.05, 0.1) is 24.7 Å². The van der Waals surface area contributed by atoms with Crippen molar-refractivity contribution in [3.05, 3.63) is 114 Å². The van der Waals surface area contributed by atoms with Crippen LogP contribution in [0.15, 0.2) is 95.9 Å². The van der Waals surface area contributed by atoms with Crippen LogP contribution >= 0.6 is 0 Å². The number of furan rings is 1. The summed E-state index contributed by atoms with van der Waals surface area (Å²) < 4.78 is 23.8. The lowest BCUT2D eigenvalue weighted by molar-refractivity contribution is -0.142. The Morgan fingerprint density at radius 3 is 2.56 bits per heavy atom. The Morgan fingerprint density at radius 2 is 1.74 bits per heavy atom. The summed E-state index contributed by atoms with van der Waals surface area (Å²) in [5.41, 5.74) is 12.2. The summed E-state index contributed by atoms with van der Waals surface area (Å²) in [6, 6.07) is 23.4. The maximum Gasteiger partial charge on any atom is 0.310 e. The van der Waals surface area contributed by atoms with Crippen LogP contribution < -0.4 is 15.2 Å². The molecule has 0 radical (unpaired) electrons. The molecule has 5 aromatic rings. The minimum Gasteiger partial charge on any atom is -0.488 e. The first-order valence-electron chi connectivity index (χ1n) is 12.9. The highest BCUT2D eigenvalue weighted by Crippen LogP contribution is 2.40. The summed E-state index contributed by atoms with van der Waals surface area (Å²) in [6.07, 6.45) is 5.28. The van der Waals surface area contributed by atoms with Gasteiger partial charge in [-0.15, -0.1) is 0 Å². The highest BCUT2D eigenvalue weighted by molar-refractivity contribution is 5.97. The molecule has 0 bridgehead atoms. The van der Waals surface area contributed by atoms with E-state index in [4.69, 9.17) is 24.4 Å². The second-order valence-corrected chi connectivity index (χ2v) is 9.00. The molecule has 0 fully saturated rings. The van der Waals surface area contributed by atoms with Crippen molar-refractivity contribution in [2.24, 2.45) is 5.73 Å². The number of esters is 1. The topological polar surface area (TPSA) is 96.8 Å². The van der Waals surface area contributed by atoms with Gasteiger partial charge in [0.2, 0.25) is 0 Å². The van der Waals surface area contributed by atoms with Gasteiger partial charge >= 0.3 is 5.97 Å². The predicted octanol–water partition coefficient (Wildman–Crippen LogP) is 6.22. The van der Waals surface area contributed by atoms with Crippen molar-refractivity contribution in [3.8, 4) is 22.6 Å². The Labute approximate surface area is 227 Å². The van der Waals surface area contributed by atoms with Gasteiger partial charge < -0.3 is 24.4 Å². The fourth-order valence-electron chi connectivity index (χ4n) is 4.48. The summed E-state index contributed by atoms with van der Waals surface area (Å²) in [6.45, 7) is 3.14. The molecule has 7 heteroatoms. The molecule has 7 nitrogen and oxygen atoms in total. The van der Waals surface area contributed by atoms with Crippen molar-refractivity contribution < 1.29 is 23.4 Å². The number of nitrogens with zero attached hydrogens (tertiary/aromatic N) is 1. The number of fused-ring (bicyclic) bond motifs is 1. The van der Waals surface area contributed by atoms with Gasteiger partial charge in [0, 0.05) is 35.6 Å². The van der Waals surface area contributed by atoms with Crippen LogP contribution in [0.25, 0.3) is 22.1 Å². The smallest absolute Gasteiger partial charge is 0.310 e. The molecule has 0 aliphatic heterocycles. The van der Waals surface area contributed by atoms with Crippen LogP contribution in [-0.2, 0) is 35.7 Å². The minimum absolute atomic E-state index is 0.132. The quantitative estimate of drug-likeness (QED) is 0.206. The molecule has 0 aliphatic carbocycles. The molecule has 5 rings (SSSR count). The number of carbonyl (C=O) groups excluding carboxylic acids is 1. The maximum atomic E-state index is 12.2. The molecular weight excluding hydrogens is 492 g/mol. The summed E-state index contributed by atoms with van der Waals surface area (Å²) in [5.74, 6) is 0.999. The Bertz CT molecular complexity index is 1560. The average Bonchev–Trinajstić information content (AvgIpc) is 3.46. The van der Waals surface area contributed by atoms with Crippen LogP contribution in [0.5, 0.6) is 11.5 Å². The second kappa shape index (κ2) is 12.3. The lowest BCUT2D eigenvalue weighted by Crippen LogP contribution is -2.09. The number of hydrogen-bond acceptors (Lipinski definition) is 7. The Hall–Kier alpha value is -4.62. The van der Waals surface area contributed by atoms with E-state index in [-0.39, 0.29) is 19.0 Å². The van der Waals surface area contributed by atoms with Gasteiger partial charge in [0.15, 0.2) is 0 Å². The molecule has 0 saturated carbocycles. The zero-order chi connectivity index (χ0) is 27.0. The molecule has 198 valence electrons. The van der Waals surface area contributed by atoms with Crippen LogP contribution in [0.1, 0.15) is 29.2 Å². The third-order valence-corrected chi connectivity index (χ3v) is 6.37. The van der Waals surface area contributed by atoms with Crippen molar-refractivity contribution in [3.63, 3.8) is 0 Å². The molecule has 2 N–H and O–H groups in total. The van der Waals surface area contributed by atoms with E-state index in [1.807, 2.05) is 66.7 Å². The van der Waals surface area contributed by atoms with E-state index in [1.165, 1.54) is 0 Å². The third kappa shape index (κ3) is 6.10. The lowest BCUT2D eigenvalue weighted by atomic mass is 9.98. The average molecular weight is 523 g/mol. The number of benzene rings is 3. The van der Waals surface area contributed by atoms with Gasteiger partial charge in [-0.3, -0.25) is 9.78 Å². The standard InChI is InChI=1S/C32H30N2O5/c1-2-36-30(35)18-25-7-3-4-9-29(25)38-21-26-17-28(24-8-5-6-23(16-24)19-33)32-27(12-15-37-32)31(26)39-20-22-10-13-34-14-11-22/h3-17H,2,18-21,33H2,1H3. The Morgan fingerprint density at radius 1 is 0.897 bits per heavy atom. The molecule has 2 heterocycles. The lowest BCUT2D eigenvalue weighted by Gasteiger charge is -2.17. The highest BCUT2D eigenvalue weighted by Gasteiger charge is 2.19. The van der Waals surface area contributed by atoms with E-state index < -0.39 is 0 Å². The highest BCUT2D eigenvalue weighted by atomic mass is 16.5. The number of aromatic nitrogens is 1. The molecule has 39 heavy (non-hydrogen) atoms. The van der Waals surface area contributed by atoms with Crippen molar-refractivity contribution in [2.75, 3.05) is 6.61 Å². The molecule has 2 aromatic heterocycles. The SMILES string of the molecule is CCOC(=O)Cc1ccccc1OCc1cc(-c2cccc(CN)c2)c2occc2c1OCc1ccncc1. The fourth-order valence-corrected chi connectivity index (χ4v) is 4.48. The number of hydrogen-bond donors (Lipinski definition) is 1. The van der Waals surface area contributed by atoms with E-state index in [1.54, 1.807) is 25.6 Å². The molecule has 0 atom stereocenters. The van der Waals surface area contributed by atoms with Crippen molar-refractivity contribution in [2.45, 2.75) is 33.1 Å². The number of pyridine rings is 1. The first kappa shape index (κ1) is 26.0. The van der Waals surface area contributed by atoms with E-state index in [2.05, 4.69) is 11.1 Å². The first-order valence-corrected chi connectivity index (χ1v) is 12.9. The van der Waals surface area contributed by atoms with E-state index in [0.29, 0.717) is 31.3 Å². The van der Waals surface area contributed by atoms with Gasteiger partial charge in [-0.1, -0.05) is 36.4 Å². The minimum atomic E-state index is -0.295. The molecular formula is C32H30N2O5. The number of rotatable bonds is 11. The number of para-hydroxylation sites is 1. The van der Waals surface area contributed by atoms with Crippen LogP contribution in [-0.4, -0.2) is 17.6 Å². The van der Waals surface area contributed by atoms with Gasteiger partial charge in [-0.05, 0) is 60.0 Å². The monoisotopic (exact) mass is 522 g/mol. The van der Waals surface area contributed by atoms with Crippen LogP contribution in [0, 0.1) is 0 Å². The number of ether oxygens (including phenoxy) is 3. The zero-order valence-electron chi connectivity index (χ0n) is 21.8. The van der Waals surface area contributed by atoms with Crippen LogP contribution in [0.4, 0.5) is 0 Å². The summed E-state index contributed by atoms with van der Waals surface area (Å²) in [4.78, 5) is 16.3. The second-order valence-electron chi connectivity index (χ2n) is 9.00. The van der Waals surface area contributed by atoms with Gasteiger partial charge in [0.1, 0.15) is 30.3 Å². The maximum absolute atomic E-state index is 12.2. The molecule has 0 unspecified atom stereocenters. The van der Waals surface area contributed by atoms with E-state index >= 15 is 0 Å². The van der Waals surface area contributed by atoms with Crippen molar-refractivity contribution in [1.29, 1.82) is 0 Å². The van der Waals surface area contributed by atoms with E-state index in [9.17, 15) is 4.79 Å². The zero-order valence-corrected chi connectivity index (χ0v) is 21.8. The Balaban J connectivity index is 1.53.